The van der Waals surface area contributed by atoms with Crippen molar-refractivity contribution in [1.29, 1.82) is 0 Å². The predicted octanol–water partition coefficient (Wildman–Crippen LogP) is 2.76. The number of hydrogen-bond donors (Lipinski definition) is 2. The molecular weight excluding hydrogens is 304 g/mol. The third kappa shape index (κ3) is 2.60. The molecule has 0 radical (unpaired) electrons. The van der Waals surface area contributed by atoms with Gasteiger partial charge < -0.3 is 15.2 Å². The van der Waals surface area contributed by atoms with Crippen LogP contribution in [-0.4, -0.2) is 29.1 Å². The normalized spacial score (nSPS) is 26.1. The van der Waals surface area contributed by atoms with Crippen LogP contribution in [0.5, 0.6) is 0 Å². The lowest BCUT2D eigenvalue weighted by Crippen LogP contribution is -2.44. The van der Waals surface area contributed by atoms with E-state index in [1.54, 1.807) is 6.92 Å². The van der Waals surface area contributed by atoms with Crippen molar-refractivity contribution in [1.82, 2.24) is 15.5 Å². The van der Waals surface area contributed by atoms with E-state index in [-0.39, 0.29) is 11.3 Å². The molecule has 0 spiro atoms. The molecule has 2 heterocycles. The molecule has 2 atom stereocenters. The lowest BCUT2D eigenvalue weighted by molar-refractivity contribution is -0.128. The zero-order valence-corrected chi connectivity index (χ0v) is 13.8. The molecule has 1 saturated carbocycles. The van der Waals surface area contributed by atoms with Crippen molar-refractivity contribution in [3.63, 3.8) is 0 Å². The zero-order chi connectivity index (χ0) is 16.6. The highest BCUT2D eigenvalue weighted by atomic mass is 16.5. The van der Waals surface area contributed by atoms with E-state index in [4.69, 9.17) is 4.52 Å². The predicted molar refractivity (Wildman–Crippen MR) is 90.4 cm³/mol. The van der Waals surface area contributed by atoms with Crippen LogP contribution in [0.3, 0.4) is 0 Å². The van der Waals surface area contributed by atoms with Crippen molar-refractivity contribution < 1.29 is 9.32 Å². The van der Waals surface area contributed by atoms with Crippen molar-refractivity contribution >= 4 is 11.6 Å². The Morgan fingerprint density at radius 3 is 3.17 bits per heavy atom. The van der Waals surface area contributed by atoms with Gasteiger partial charge in [-0.3, -0.25) is 4.79 Å². The van der Waals surface area contributed by atoms with Crippen molar-refractivity contribution in [2.24, 2.45) is 11.3 Å². The van der Waals surface area contributed by atoms with Crippen LogP contribution in [0.1, 0.15) is 31.6 Å². The highest BCUT2D eigenvalue weighted by Gasteiger charge is 2.49. The van der Waals surface area contributed by atoms with Crippen LogP contribution in [0.4, 0.5) is 5.69 Å². The van der Waals surface area contributed by atoms with Gasteiger partial charge in [0.15, 0.2) is 0 Å². The molecule has 1 saturated heterocycles. The first kappa shape index (κ1) is 15.3. The molecule has 0 bridgehead atoms. The zero-order valence-electron chi connectivity index (χ0n) is 13.8. The molecule has 24 heavy (non-hydrogen) atoms. The maximum Gasteiger partial charge on any atom is 0.232 e. The van der Waals surface area contributed by atoms with E-state index < -0.39 is 0 Å². The Hall–Kier alpha value is -2.21. The fourth-order valence-corrected chi connectivity index (χ4v) is 4.10. The summed E-state index contributed by atoms with van der Waals surface area (Å²) in [6.07, 6.45) is 4.48. The molecule has 2 aliphatic rings. The second kappa shape index (κ2) is 6.02. The third-order valence-electron chi connectivity index (χ3n) is 5.40. The van der Waals surface area contributed by atoms with E-state index in [2.05, 4.69) is 20.8 Å². The number of fused-ring (bicyclic) bond motifs is 1. The van der Waals surface area contributed by atoms with E-state index in [9.17, 15) is 4.79 Å². The minimum Gasteiger partial charge on any atom is -0.339 e. The van der Waals surface area contributed by atoms with Gasteiger partial charge in [0.25, 0.3) is 0 Å². The summed E-state index contributed by atoms with van der Waals surface area (Å²) < 4.78 is 5.03. The molecule has 126 valence electrons. The van der Waals surface area contributed by atoms with E-state index in [0.29, 0.717) is 17.6 Å². The molecule has 4 rings (SSSR count). The number of nitrogens with zero attached hydrogens (tertiary/aromatic N) is 2. The van der Waals surface area contributed by atoms with Crippen LogP contribution in [-0.2, 0) is 4.79 Å². The number of benzene rings is 1. The standard InChI is InChI=1S/C18H22N4O2/c1-12-20-16(22-24-12)13-5-4-7-15(9-13)21-17(23)18-8-3-2-6-14(18)10-19-11-18/h4-5,7,9,14,19H,2-3,6,8,10-11H2,1H3,(H,21,23)/t14-,18+/m0/s1. The summed E-state index contributed by atoms with van der Waals surface area (Å²) in [6, 6.07) is 7.63. The van der Waals surface area contributed by atoms with E-state index in [0.717, 1.165) is 43.6 Å². The number of rotatable bonds is 3. The fourth-order valence-electron chi connectivity index (χ4n) is 4.10. The molecule has 1 amide bonds. The summed E-state index contributed by atoms with van der Waals surface area (Å²) in [5.74, 6) is 1.66. The van der Waals surface area contributed by atoms with Crippen LogP contribution in [0.2, 0.25) is 0 Å². The molecule has 1 aromatic heterocycles. The van der Waals surface area contributed by atoms with Crippen LogP contribution in [0.25, 0.3) is 11.4 Å². The molecular formula is C18H22N4O2. The molecule has 1 aliphatic heterocycles. The van der Waals surface area contributed by atoms with Gasteiger partial charge >= 0.3 is 0 Å². The molecule has 6 heteroatoms. The van der Waals surface area contributed by atoms with Gasteiger partial charge in [0.1, 0.15) is 0 Å². The molecule has 1 aliphatic carbocycles. The van der Waals surface area contributed by atoms with Gasteiger partial charge in [-0.25, -0.2) is 0 Å². The van der Waals surface area contributed by atoms with E-state index in [1.165, 1.54) is 6.42 Å². The monoisotopic (exact) mass is 326 g/mol. The first-order valence-electron chi connectivity index (χ1n) is 8.60. The van der Waals surface area contributed by atoms with Crippen LogP contribution >= 0.6 is 0 Å². The third-order valence-corrected chi connectivity index (χ3v) is 5.40. The number of hydrogen-bond acceptors (Lipinski definition) is 5. The topological polar surface area (TPSA) is 80.0 Å². The SMILES string of the molecule is Cc1nc(-c2cccc(NC(=O)[C@@]34CCCC[C@H]3CNC4)c2)no1. The molecule has 6 nitrogen and oxygen atoms in total. The van der Waals surface area contributed by atoms with Gasteiger partial charge in [-0.1, -0.05) is 30.1 Å². The molecule has 2 fully saturated rings. The van der Waals surface area contributed by atoms with Gasteiger partial charge in [0.05, 0.1) is 5.41 Å². The first-order valence-corrected chi connectivity index (χ1v) is 8.60. The largest absolute Gasteiger partial charge is 0.339 e. The molecule has 1 aromatic carbocycles. The maximum absolute atomic E-state index is 13.0. The van der Waals surface area contributed by atoms with Gasteiger partial charge in [0, 0.05) is 24.7 Å². The van der Waals surface area contributed by atoms with Crippen molar-refractivity contribution in [3.8, 4) is 11.4 Å². The Morgan fingerprint density at radius 2 is 2.33 bits per heavy atom. The summed E-state index contributed by atoms with van der Waals surface area (Å²) in [4.78, 5) is 17.3. The van der Waals surface area contributed by atoms with Gasteiger partial charge in [0.2, 0.25) is 17.6 Å². The Kier molecular flexibility index (Phi) is 3.84. The Morgan fingerprint density at radius 1 is 1.42 bits per heavy atom. The lowest BCUT2D eigenvalue weighted by Gasteiger charge is -2.37. The van der Waals surface area contributed by atoms with Crippen molar-refractivity contribution in [2.45, 2.75) is 32.6 Å². The number of nitrogens with one attached hydrogen (secondary N) is 2. The summed E-state index contributed by atoms with van der Waals surface area (Å²) >= 11 is 0. The number of aromatic nitrogens is 2. The summed E-state index contributed by atoms with van der Waals surface area (Å²) in [7, 11) is 0. The minimum absolute atomic E-state index is 0.138. The first-order chi connectivity index (χ1) is 11.7. The lowest BCUT2D eigenvalue weighted by atomic mass is 9.67. The van der Waals surface area contributed by atoms with Crippen LogP contribution in [0.15, 0.2) is 28.8 Å². The number of anilines is 1. The second-order valence-corrected chi connectivity index (χ2v) is 6.90. The van der Waals surface area contributed by atoms with Gasteiger partial charge in [-0.05, 0) is 37.4 Å². The Balaban J connectivity index is 1.56. The highest BCUT2D eigenvalue weighted by Crippen LogP contribution is 2.44. The number of amides is 1. The summed E-state index contributed by atoms with van der Waals surface area (Å²) in [5.41, 5.74) is 1.37. The van der Waals surface area contributed by atoms with Crippen molar-refractivity contribution in [3.05, 3.63) is 30.2 Å². The van der Waals surface area contributed by atoms with Gasteiger partial charge in [-0.15, -0.1) is 0 Å². The Labute approximate surface area is 141 Å². The Bertz CT molecular complexity index is 757. The number of carbonyl (C=O) groups is 1. The average molecular weight is 326 g/mol. The van der Waals surface area contributed by atoms with Crippen LogP contribution < -0.4 is 10.6 Å². The van der Waals surface area contributed by atoms with Gasteiger partial charge in [-0.2, -0.15) is 4.98 Å². The van der Waals surface area contributed by atoms with E-state index in [1.807, 2.05) is 24.3 Å². The van der Waals surface area contributed by atoms with E-state index >= 15 is 0 Å². The van der Waals surface area contributed by atoms with Crippen LogP contribution in [0, 0.1) is 18.3 Å². The second-order valence-electron chi connectivity index (χ2n) is 6.90. The van der Waals surface area contributed by atoms with Crippen molar-refractivity contribution in [2.75, 3.05) is 18.4 Å². The number of aryl methyl sites for hydroxylation is 1. The smallest absolute Gasteiger partial charge is 0.232 e. The summed E-state index contributed by atoms with van der Waals surface area (Å²) in [5, 5.41) is 10.5. The molecule has 0 unspecified atom stereocenters. The minimum atomic E-state index is -0.253. The summed E-state index contributed by atoms with van der Waals surface area (Å²) in [6.45, 7) is 3.50. The quantitative estimate of drug-likeness (QED) is 0.906. The molecule has 2 N–H and O–H groups in total. The molecule has 2 aromatic rings. The highest BCUT2D eigenvalue weighted by molar-refractivity contribution is 5.96. The maximum atomic E-state index is 13.0. The average Bonchev–Trinajstić information content (AvgIpc) is 3.22. The number of carbonyl (C=O) groups excluding carboxylic acids is 1. The fraction of sp³-hybridized carbons (Fsp3) is 0.500.